The van der Waals surface area contributed by atoms with Crippen molar-refractivity contribution in [2.75, 3.05) is 6.54 Å². The van der Waals surface area contributed by atoms with Crippen LogP contribution in [0.2, 0.25) is 0 Å². The van der Waals surface area contributed by atoms with Gasteiger partial charge in [-0.25, -0.2) is 11.3 Å². The molecule has 0 bridgehead atoms. The lowest BCUT2D eigenvalue weighted by Crippen LogP contribution is -2.45. The van der Waals surface area contributed by atoms with Crippen LogP contribution >= 0.6 is 0 Å². The van der Waals surface area contributed by atoms with Crippen LogP contribution in [0.1, 0.15) is 58.3 Å². The van der Waals surface area contributed by atoms with Crippen LogP contribution in [0.4, 0.5) is 0 Å². The SMILES string of the molecule is CCCCCCCCCCNN(N)ON. The summed E-state index contributed by atoms with van der Waals surface area (Å²) in [5, 5.41) is 0.932. The summed E-state index contributed by atoms with van der Waals surface area (Å²) < 4.78 is 0. The monoisotopic (exact) mass is 218 g/mol. The number of rotatable bonds is 11. The average molecular weight is 218 g/mol. The second kappa shape index (κ2) is 11.9. The summed E-state index contributed by atoms with van der Waals surface area (Å²) in [7, 11) is 0. The third-order valence-electron chi connectivity index (χ3n) is 2.41. The summed E-state index contributed by atoms with van der Waals surface area (Å²) in [6.45, 7) is 3.05. The zero-order chi connectivity index (χ0) is 11.4. The molecule has 0 heterocycles. The van der Waals surface area contributed by atoms with E-state index in [1.54, 1.807) is 0 Å². The van der Waals surface area contributed by atoms with E-state index in [2.05, 4.69) is 17.3 Å². The van der Waals surface area contributed by atoms with Crippen LogP contribution in [-0.2, 0) is 4.94 Å². The van der Waals surface area contributed by atoms with Gasteiger partial charge in [-0.3, -0.25) is 0 Å². The molecule has 0 unspecified atom stereocenters. The van der Waals surface area contributed by atoms with Crippen molar-refractivity contribution >= 4 is 0 Å². The Kier molecular flexibility index (Phi) is 11.7. The molecule has 0 radical (unpaired) electrons. The number of nitrogens with one attached hydrogen (secondary N) is 1. The standard InChI is InChI=1S/C10H26N4O/c1-2-3-4-5-6-7-8-9-10-13-14(11)15-12/h13H,2-12H2,1H3. The van der Waals surface area contributed by atoms with E-state index in [-0.39, 0.29) is 0 Å². The van der Waals surface area contributed by atoms with Gasteiger partial charge in [-0.2, -0.15) is 10.8 Å². The maximum Gasteiger partial charge on any atom is 0.0139 e. The number of hydrogen-bond donors (Lipinski definition) is 3. The summed E-state index contributed by atoms with van der Waals surface area (Å²) in [6, 6.07) is 0. The zero-order valence-electron chi connectivity index (χ0n) is 9.87. The number of nitrogens with zero attached hydrogens (tertiary/aromatic N) is 1. The minimum absolute atomic E-state index is 0.808. The highest BCUT2D eigenvalue weighted by Gasteiger charge is 1.94. The minimum atomic E-state index is 0.808. The Morgan fingerprint density at radius 1 is 1.00 bits per heavy atom. The lowest BCUT2D eigenvalue weighted by atomic mass is 10.1. The maximum absolute atomic E-state index is 5.24. The molecule has 5 heteroatoms. The van der Waals surface area contributed by atoms with Gasteiger partial charge in [-0.05, 0) is 11.7 Å². The summed E-state index contributed by atoms with van der Waals surface area (Å²) >= 11 is 0. The predicted molar refractivity (Wildman–Crippen MR) is 61.9 cm³/mol. The van der Waals surface area contributed by atoms with Gasteiger partial charge in [-0.15, -0.1) is 0 Å². The molecule has 0 aromatic carbocycles. The second-order valence-corrected chi connectivity index (χ2v) is 3.81. The fraction of sp³-hybridized carbons (Fsp3) is 1.00. The van der Waals surface area contributed by atoms with Crippen molar-refractivity contribution in [3.8, 4) is 0 Å². The van der Waals surface area contributed by atoms with Gasteiger partial charge in [-0.1, -0.05) is 51.9 Å². The Bertz CT molecular complexity index is 124. The zero-order valence-corrected chi connectivity index (χ0v) is 9.87. The van der Waals surface area contributed by atoms with Crippen LogP contribution in [-0.4, -0.2) is 11.8 Å². The molecule has 0 amide bonds. The van der Waals surface area contributed by atoms with Crippen molar-refractivity contribution in [1.29, 1.82) is 0 Å². The molecule has 0 aliphatic carbocycles. The van der Waals surface area contributed by atoms with E-state index < -0.39 is 0 Å². The van der Waals surface area contributed by atoms with Gasteiger partial charge >= 0.3 is 0 Å². The third-order valence-corrected chi connectivity index (χ3v) is 2.41. The largest absolute Gasteiger partial charge is 0.229 e. The van der Waals surface area contributed by atoms with Crippen molar-refractivity contribution in [3.63, 3.8) is 0 Å². The molecular formula is C10H26N4O. The lowest BCUT2D eigenvalue weighted by molar-refractivity contribution is -0.203. The van der Waals surface area contributed by atoms with Crippen molar-refractivity contribution in [3.05, 3.63) is 0 Å². The molecule has 0 atom stereocenters. The summed E-state index contributed by atoms with van der Waals surface area (Å²) in [6.07, 6.45) is 10.4. The first-order valence-electron chi connectivity index (χ1n) is 5.96. The summed E-state index contributed by atoms with van der Waals surface area (Å²) in [5.74, 6) is 10.1. The third kappa shape index (κ3) is 11.7. The van der Waals surface area contributed by atoms with E-state index >= 15 is 0 Å². The molecule has 0 aromatic heterocycles. The van der Waals surface area contributed by atoms with Gasteiger partial charge in [0.2, 0.25) is 0 Å². The topological polar surface area (TPSA) is 76.5 Å². The van der Waals surface area contributed by atoms with Crippen molar-refractivity contribution < 1.29 is 4.94 Å². The molecule has 5 nitrogen and oxygen atoms in total. The van der Waals surface area contributed by atoms with Gasteiger partial charge in [0.25, 0.3) is 0 Å². The lowest BCUT2D eigenvalue weighted by Gasteiger charge is -2.12. The molecule has 0 saturated carbocycles. The molecule has 0 spiro atoms. The van der Waals surface area contributed by atoms with Crippen molar-refractivity contribution in [2.24, 2.45) is 11.7 Å². The molecule has 0 fully saturated rings. The Morgan fingerprint density at radius 2 is 1.53 bits per heavy atom. The molecule has 0 aliphatic rings. The normalized spacial score (nSPS) is 11.2. The smallest absolute Gasteiger partial charge is 0.0139 e. The fourth-order valence-corrected chi connectivity index (χ4v) is 1.49. The Hall–Kier alpha value is -0.200. The summed E-state index contributed by atoms with van der Waals surface area (Å²) in [4.78, 5) is 4.22. The van der Waals surface area contributed by atoms with Crippen LogP contribution in [0.3, 0.4) is 0 Å². The first-order chi connectivity index (χ1) is 7.31. The number of hydrazine groups is 2. The van der Waals surface area contributed by atoms with Gasteiger partial charge in [0.05, 0.1) is 0 Å². The molecule has 0 rings (SSSR count). The van der Waals surface area contributed by atoms with Crippen molar-refractivity contribution in [1.82, 2.24) is 10.7 Å². The van der Waals surface area contributed by atoms with E-state index in [4.69, 9.17) is 11.7 Å². The van der Waals surface area contributed by atoms with E-state index in [0.29, 0.717) is 0 Å². The van der Waals surface area contributed by atoms with Crippen LogP contribution in [0.15, 0.2) is 0 Å². The van der Waals surface area contributed by atoms with Crippen LogP contribution < -0.4 is 17.2 Å². The molecule has 5 N–H and O–H groups in total. The Morgan fingerprint density at radius 3 is 2.07 bits per heavy atom. The van der Waals surface area contributed by atoms with E-state index in [9.17, 15) is 0 Å². The highest BCUT2D eigenvalue weighted by Crippen LogP contribution is 2.07. The van der Waals surface area contributed by atoms with E-state index in [1.165, 1.54) is 44.9 Å². The Labute approximate surface area is 93.0 Å². The number of hydrogen-bond acceptors (Lipinski definition) is 5. The molecule has 0 aliphatic heterocycles. The summed E-state index contributed by atoms with van der Waals surface area (Å²) in [5.41, 5.74) is 2.81. The van der Waals surface area contributed by atoms with Gasteiger partial charge in [0, 0.05) is 6.54 Å². The Balaban J connectivity index is 2.92. The minimum Gasteiger partial charge on any atom is -0.229 e. The molecule has 92 valence electrons. The second-order valence-electron chi connectivity index (χ2n) is 3.81. The molecule has 15 heavy (non-hydrogen) atoms. The van der Waals surface area contributed by atoms with Crippen LogP contribution in [0, 0.1) is 0 Å². The first kappa shape index (κ1) is 14.8. The number of nitrogens with two attached hydrogens (primary N) is 2. The van der Waals surface area contributed by atoms with Gasteiger partial charge < -0.3 is 0 Å². The van der Waals surface area contributed by atoms with E-state index in [0.717, 1.165) is 18.2 Å². The fourth-order valence-electron chi connectivity index (χ4n) is 1.49. The molecular weight excluding hydrogens is 192 g/mol. The van der Waals surface area contributed by atoms with Gasteiger partial charge in [0.1, 0.15) is 0 Å². The predicted octanol–water partition coefficient (Wildman–Crippen LogP) is 1.61. The van der Waals surface area contributed by atoms with Crippen molar-refractivity contribution in [2.45, 2.75) is 58.3 Å². The molecule has 0 saturated heterocycles. The van der Waals surface area contributed by atoms with Crippen LogP contribution in [0.5, 0.6) is 0 Å². The number of unbranched alkanes of at least 4 members (excludes halogenated alkanes) is 7. The quantitative estimate of drug-likeness (QED) is 0.279. The average Bonchev–Trinajstić information content (AvgIpc) is 2.26. The van der Waals surface area contributed by atoms with Gasteiger partial charge in [0.15, 0.2) is 0 Å². The maximum atomic E-state index is 5.24. The molecule has 0 aromatic rings. The first-order valence-corrected chi connectivity index (χ1v) is 5.96. The highest BCUT2D eigenvalue weighted by atomic mass is 16.8. The van der Waals surface area contributed by atoms with E-state index in [1.807, 2.05) is 0 Å². The highest BCUT2D eigenvalue weighted by molar-refractivity contribution is 4.46. The van der Waals surface area contributed by atoms with Crippen LogP contribution in [0.25, 0.3) is 0 Å².